The highest BCUT2D eigenvalue weighted by atomic mass is 16.3. The highest BCUT2D eigenvalue weighted by Gasteiger charge is 2.10. The van der Waals surface area contributed by atoms with E-state index in [1.54, 1.807) is 13.0 Å². The largest absolute Gasteiger partial charge is 0.390 e. The molecule has 0 spiro atoms. The van der Waals surface area contributed by atoms with Crippen LogP contribution < -0.4 is 0 Å². The average molecular weight is 609 g/mol. The number of aliphatic hydroxyl groups is 1. The minimum Gasteiger partial charge on any atom is -0.390 e. The second kappa shape index (κ2) is 24.6. The third-order valence-corrected chi connectivity index (χ3v) is 6.57. The van der Waals surface area contributed by atoms with Gasteiger partial charge in [-0.1, -0.05) is 143 Å². The van der Waals surface area contributed by atoms with E-state index in [9.17, 15) is 9.90 Å². The maximum Gasteiger partial charge on any atom is 0.152 e. The fraction of sp³-hybridized carbons (Fsp3) is 0.372. The fourth-order valence-electron chi connectivity index (χ4n) is 3.87. The summed E-state index contributed by atoms with van der Waals surface area (Å²) < 4.78 is 0. The van der Waals surface area contributed by atoms with Crippen molar-refractivity contribution >= 4 is 5.78 Å². The van der Waals surface area contributed by atoms with Gasteiger partial charge in [0.25, 0.3) is 0 Å². The molecule has 2 nitrogen and oxygen atoms in total. The van der Waals surface area contributed by atoms with Crippen LogP contribution in [0.1, 0.15) is 101 Å². The topological polar surface area (TPSA) is 37.3 Å². The molecule has 0 heterocycles. The lowest BCUT2D eigenvalue weighted by molar-refractivity contribution is -0.112. The molecule has 0 saturated carbocycles. The van der Waals surface area contributed by atoms with Gasteiger partial charge >= 0.3 is 0 Å². The summed E-state index contributed by atoms with van der Waals surface area (Å²) in [6.07, 6.45) is 43.8. The summed E-state index contributed by atoms with van der Waals surface area (Å²) in [5.74, 6) is 0.0161. The summed E-state index contributed by atoms with van der Waals surface area (Å²) in [7, 11) is 0. The standard InChI is InChI=1S/C43H60O2/c1-35(2)19-13-21-37(4)23-15-25-38(5)24-14-22-36(3)20-11-12-30-42(33-32-41(8)44)31-17-28-39(6)26-16-27-40(7)29-18-34-43(9,10)45/h11-12,14-17,19-20,22-28,30-33,45H,13,18,21,29,34H2,1-10H3. The summed E-state index contributed by atoms with van der Waals surface area (Å²) in [5, 5.41) is 9.86. The molecule has 0 unspecified atom stereocenters. The van der Waals surface area contributed by atoms with E-state index in [0.29, 0.717) is 0 Å². The van der Waals surface area contributed by atoms with Crippen molar-refractivity contribution in [2.24, 2.45) is 0 Å². The van der Waals surface area contributed by atoms with Crippen LogP contribution in [0.2, 0.25) is 0 Å². The van der Waals surface area contributed by atoms with Gasteiger partial charge in [0.15, 0.2) is 5.78 Å². The molecular formula is C43H60O2. The lowest BCUT2D eigenvalue weighted by Gasteiger charge is -2.16. The van der Waals surface area contributed by atoms with Gasteiger partial charge in [0.2, 0.25) is 0 Å². The Morgan fingerprint density at radius 1 is 0.556 bits per heavy atom. The number of rotatable bonds is 19. The molecule has 0 fully saturated rings. The van der Waals surface area contributed by atoms with E-state index in [-0.39, 0.29) is 5.78 Å². The van der Waals surface area contributed by atoms with E-state index in [1.807, 2.05) is 50.3 Å². The fourth-order valence-corrected chi connectivity index (χ4v) is 3.87. The number of allylic oxidation sites excluding steroid dienone is 26. The van der Waals surface area contributed by atoms with Crippen LogP contribution in [0.5, 0.6) is 0 Å². The SMILES string of the molecule is CC(=O)C=CC(C=CC=C(C)C=CC=C(C)CCCC(C)(C)O)=CC=CC=C(C)C=CC=C(C)C=CC=C(C)CCC=C(C)C. The van der Waals surface area contributed by atoms with Gasteiger partial charge < -0.3 is 5.11 Å². The van der Waals surface area contributed by atoms with Gasteiger partial charge in [0, 0.05) is 0 Å². The zero-order chi connectivity index (χ0) is 34.1. The van der Waals surface area contributed by atoms with Crippen LogP contribution in [0.15, 0.2) is 154 Å². The van der Waals surface area contributed by atoms with E-state index >= 15 is 0 Å². The maximum absolute atomic E-state index is 11.5. The van der Waals surface area contributed by atoms with Gasteiger partial charge in [-0.15, -0.1) is 0 Å². The van der Waals surface area contributed by atoms with Crippen LogP contribution >= 0.6 is 0 Å². The first kappa shape index (κ1) is 41.2. The van der Waals surface area contributed by atoms with Crippen LogP contribution in [0, 0.1) is 0 Å². The number of hydrogen-bond donors (Lipinski definition) is 1. The third kappa shape index (κ3) is 28.8. The summed E-state index contributed by atoms with van der Waals surface area (Å²) in [4.78, 5) is 11.5. The Bertz CT molecular complexity index is 1310. The zero-order valence-corrected chi connectivity index (χ0v) is 29.9. The molecule has 0 radical (unpaired) electrons. The van der Waals surface area contributed by atoms with Crippen LogP contribution in [0.25, 0.3) is 0 Å². The lowest BCUT2D eigenvalue weighted by atomic mass is 9.99. The van der Waals surface area contributed by atoms with Crippen molar-refractivity contribution in [1.29, 1.82) is 0 Å². The van der Waals surface area contributed by atoms with Crippen molar-refractivity contribution < 1.29 is 9.90 Å². The van der Waals surface area contributed by atoms with Crippen LogP contribution in [-0.2, 0) is 4.79 Å². The van der Waals surface area contributed by atoms with Crippen LogP contribution in [0.3, 0.4) is 0 Å². The van der Waals surface area contributed by atoms with Crippen molar-refractivity contribution in [3.8, 4) is 0 Å². The minimum atomic E-state index is -0.602. The predicted octanol–water partition coefficient (Wildman–Crippen LogP) is 12.3. The molecule has 0 atom stereocenters. The summed E-state index contributed by atoms with van der Waals surface area (Å²) in [5.41, 5.74) is 7.86. The molecule has 0 bridgehead atoms. The van der Waals surface area contributed by atoms with Gasteiger partial charge in [-0.2, -0.15) is 0 Å². The zero-order valence-electron chi connectivity index (χ0n) is 29.9. The van der Waals surface area contributed by atoms with Crippen molar-refractivity contribution in [3.63, 3.8) is 0 Å². The summed E-state index contributed by atoms with van der Waals surface area (Å²) in [6.45, 7) is 20.1. The van der Waals surface area contributed by atoms with E-state index < -0.39 is 5.60 Å². The van der Waals surface area contributed by atoms with Gasteiger partial charge in [0.05, 0.1) is 5.60 Å². The van der Waals surface area contributed by atoms with Crippen molar-refractivity contribution in [3.05, 3.63) is 154 Å². The number of carbonyl (C=O) groups excluding carboxylic acids is 1. The highest BCUT2D eigenvalue weighted by molar-refractivity contribution is 5.87. The quantitative estimate of drug-likeness (QED) is 0.0899. The Kier molecular flexibility index (Phi) is 22.5. The second-order valence-electron chi connectivity index (χ2n) is 12.7. The monoisotopic (exact) mass is 608 g/mol. The molecule has 0 aliphatic carbocycles. The number of hydrogen-bond acceptors (Lipinski definition) is 2. The molecule has 0 rings (SSSR count). The van der Waals surface area contributed by atoms with E-state index in [4.69, 9.17) is 0 Å². The molecule has 0 saturated heterocycles. The lowest BCUT2D eigenvalue weighted by Crippen LogP contribution is -2.17. The van der Waals surface area contributed by atoms with E-state index in [0.717, 1.165) is 48.8 Å². The average Bonchev–Trinajstić information content (AvgIpc) is 2.92. The van der Waals surface area contributed by atoms with Gasteiger partial charge in [-0.3, -0.25) is 4.79 Å². The Morgan fingerprint density at radius 3 is 1.53 bits per heavy atom. The van der Waals surface area contributed by atoms with Gasteiger partial charge in [-0.05, 0) is 113 Å². The van der Waals surface area contributed by atoms with Gasteiger partial charge in [0.1, 0.15) is 0 Å². The Morgan fingerprint density at radius 2 is 1.02 bits per heavy atom. The molecule has 244 valence electrons. The molecule has 0 aliphatic heterocycles. The van der Waals surface area contributed by atoms with Crippen molar-refractivity contribution in [2.75, 3.05) is 0 Å². The van der Waals surface area contributed by atoms with E-state index in [2.05, 4.69) is 121 Å². The third-order valence-electron chi connectivity index (χ3n) is 6.57. The Hall–Kier alpha value is -3.75. The van der Waals surface area contributed by atoms with Gasteiger partial charge in [-0.25, -0.2) is 0 Å². The Labute approximate surface area is 276 Å². The Balaban J connectivity index is 5.20. The van der Waals surface area contributed by atoms with Crippen molar-refractivity contribution in [2.45, 2.75) is 107 Å². The molecular weight excluding hydrogens is 548 g/mol. The predicted molar refractivity (Wildman–Crippen MR) is 201 cm³/mol. The highest BCUT2D eigenvalue weighted by Crippen LogP contribution is 2.15. The van der Waals surface area contributed by atoms with Crippen LogP contribution in [0.4, 0.5) is 0 Å². The molecule has 0 aromatic rings. The second-order valence-corrected chi connectivity index (χ2v) is 12.7. The molecule has 45 heavy (non-hydrogen) atoms. The molecule has 0 aliphatic rings. The molecule has 2 heteroatoms. The smallest absolute Gasteiger partial charge is 0.152 e. The normalized spacial score (nSPS) is 15.4. The summed E-state index contributed by atoms with van der Waals surface area (Å²) in [6, 6.07) is 0. The maximum atomic E-state index is 11.5. The first-order valence-corrected chi connectivity index (χ1v) is 16.1. The molecule has 1 N–H and O–H groups in total. The number of ketones is 1. The summed E-state index contributed by atoms with van der Waals surface area (Å²) >= 11 is 0. The van der Waals surface area contributed by atoms with Crippen LogP contribution in [-0.4, -0.2) is 16.5 Å². The minimum absolute atomic E-state index is 0.0161. The first-order valence-electron chi connectivity index (χ1n) is 16.1. The number of carbonyl (C=O) groups is 1. The molecule has 0 aromatic heterocycles. The van der Waals surface area contributed by atoms with Crippen molar-refractivity contribution in [1.82, 2.24) is 0 Å². The first-order chi connectivity index (χ1) is 21.2. The molecule has 0 amide bonds. The van der Waals surface area contributed by atoms with E-state index in [1.165, 1.54) is 22.3 Å². The molecule has 0 aromatic carbocycles.